The third kappa shape index (κ3) is 4.75. The van der Waals surface area contributed by atoms with E-state index in [1.807, 2.05) is 18.9 Å². The van der Waals surface area contributed by atoms with Crippen LogP contribution in [0.2, 0.25) is 0 Å². The Labute approximate surface area is 105 Å². The highest BCUT2D eigenvalue weighted by molar-refractivity contribution is 7.80. The molecule has 2 N–H and O–H groups in total. The fraction of sp³-hybridized carbons (Fsp3) is 0.417. The van der Waals surface area contributed by atoms with E-state index in [1.54, 1.807) is 0 Å². The van der Waals surface area contributed by atoms with Crippen LogP contribution in [0.25, 0.3) is 0 Å². The van der Waals surface area contributed by atoms with Gasteiger partial charge in [0.15, 0.2) is 0 Å². The van der Waals surface area contributed by atoms with E-state index in [1.165, 1.54) is 12.1 Å². The molecule has 0 amide bonds. The van der Waals surface area contributed by atoms with Crippen LogP contribution in [0.15, 0.2) is 18.2 Å². The molecule has 0 bridgehead atoms. The molecular formula is C12H16F2N2S. The summed E-state index contributed by atoms with van der Waals surface area (Å²) in [5.74, 6) is -1.04. The number of rotatable bonds is 5. The second-order valence-corrected chi connectivity index (χ2v) is 4.75. The van der Waals surface area contributed by atoms with Crippen LogP contribution < -0.4 is 5.73 Å². The normalized spacial score (nSPS) is 12.8. The first-order valence-corrected chi connectivity index (χ1v) is 5.72. The number of thiocarbonyl (C=S) groups is 1. The van der Waals surface area contributed by atoms with Crippen molar-refractivity contribution >= 4 is 17.2 Å². The van der Waals surface area contributed by atoms with Crippen LogP contribution in [-0.2, 0) is 6.54 Å². The summed E-state index contributed by atoms with van der Waals surface area (Å²) < 4.78 is 25.9. The highest BCUT2D eigenvalue weighted by Gasteiger charge is 2.10. The summed E-state index contributed by atoms with van der Waals surface area (Å²) in [5.41, 5.74) is 6.11. The predicted molar refractivity (Wildman–Crippen MR) is 68.6 cm³/mol. The minimum atomic E-state index is -0.559. The molecule has 0 spiro atoms. The van der Waals surface area contributed by atoms with Gasteiger partial charge in [-0.25, -0.2) is 8.78 Å². The lowest BCUT2D eigenvalue weighted by Crippen LogP contribution is -2.31. The summed E-state index contributed by atoms with van der Waals surface area (Å²) in [6, 6.07) is 3.51. The molecule has 5 heteroatoms. The topological polar surface area (TPSA) is 29.3 Å². The molecule has 1 aromatic rings. The zero-order chi connectivity index (χ0) is 13.0. The van der Waals surface area contributed by atoms with E-state index in [4.69, 9.17) is 18.0 Å². The quantitative estimate of drug-likeness (QED) is 0.822. The molecule has 1 aromatic carbocycles. The highest BCUT2D eigenvalue weighted by Crippen LogP contribution is 2.11. The maximum atomic E-state index is 13.0. The predicted octanol–water partition coefficient (Wildman–Crippen LogP) is 2.32. The van der Waals surface area contributed by atoms with Crippen LogP contribution in [-0.4, -0.2) is 23.5 Å². The third-order valence-electron chi connectivity index (χ3n) is 2.45. The second-order valence-electron chi connectivity index (χ2n) is 4.28. The van der Waals surface area contributed by atoms with Crippen molar-refractivity contribution in [2.45, 2.75) is 13.5 Å². The van der Waals surface area contributed by atoms with Gasteiger partial charge in [-0.15, -0.1) is 0 Å². The molecule has 0 aliphatic rings. The molecule has 0 aliphatic heterocycles. The van der Waals surface area contributed by atoms with Crippen molar-refractivity contribution in [2.75, 3.05) is 13.6 Å². The van der Waals surface area contributed by atoms with Gasteiger partial charge < -0.3 is 10.6 Å². The van der Waals surface area contributed by atoms with E-state index in [0.29, 0.717) is 23.6 Å². The Kier molecular flexibility index (Phi) is 4.96. The first-order chi connectivity index (χ1) is 7.88. The van der Waals surface area contributed by atoms with Gasteiger partial charge in [0, 0.05) is 25.1 Å². The second kappa shape index (κ2) is 6.02. The van der Waals surface area contributed by atoms with Crippen molar-refractivity contribution in [2.24, 2.45) is 11.7 Å². The molecule has 94 valence electrons. The maximum absolute atomic E-state index is 13.0. The van der Waals surface area contributed by atoms with Crippen molar-refractivity contribution in [1.29, 1.82) is 0 Å². The molecule has 0 saturated carbocycles. The summed E-state index contributed by atoms with van der Waals surface area (Å²) in [6.45, 7) is 3.04. The van der Waals surface area contributed by atoms with Gasteiger partial charge in [-0.2, -0.15) is 0 Å². The van der Waals surface area contributed by atoms with Crippen molar-refractivity contribution < 1.29 is 8.78 Å². The lowest BCUT2D eigenvalue weighted by atomic mass is 10.1. The molecule has 0 aliphatic carbocycles. The number of benzene rings is 1. The lowest BCUT2D eigenvalue weighted by molar-refractivity contribution is 0.306. The van der Waals surface area contributed by atoms with E-state index in [0.717, 1.165) is 6.07 Å². The molecule has 17 heavy (non-hydrogen) atoms. The van der Waals surface area contributed by atoms with Crippen molar-refractivity contribution in [3.05, 3.63) is 35.4 Å². The maximum Gasteiger partial charge on any atom is 0.126 e. The molecular weight excluding hydrogens is 242 g/mol. The Balaban J connectivity index is 2.61. The van der Waals surface area contributed by atoms with Gasteiger partial charge in [0.2, 0.25) is 0 Å². The van der Waals surface area contributed by atoms with Gasteiger partial charge >= 0.3 is 0 Å². The van der Waals surface area contributed by atoms with E-state index in [9.17, 15) is 8.78 Å². The zero-order valence-corrected chi connectivity index (χ0v) is 10.7. The Bertz CT molecular complexity index is 389. The molecule has 1 atom stereocenters. The van der Waals surface area contributed by atoms with Gasteiger partial charge in [0.05, 0.1) is 4.99 Å². The molecule has 0 aromatic heterocycles. The van der Waals surface area contributed by atoms with E-state index in [-0.39, 0.29) is 5.92 Å². The Morgan fingerprint density at radius 1 is 1.35 bits per heavy atom. The van der Waals surface area contributed by atoms with E-state index < -0.39 is 11.6 Å². The number of halogens is 2. The molecule has 0 radical (unpaired) electrons. The van der Waals surface area contributed by atoms with Gasteiger partial charge in [0.1, 0.15) is 11.6 Å². The van der Waals surface area contributed by atoms with Crippen molar-refractivity contribution in [3.8, 4) is 0 Å². The van der Waals surface area contributed by atoms with Crippen LogP contribution in [0.4, 0.5) is 8.78 Å². The molecule has 1 unspecified atom stereocenters. The number of nitrogens with two attached hydrogens (primary N) is 1. The van der Waals surface area contributed by atoms with Crippen LogP contribution in [0.1, 0.15) is 12.5 Å². The summed E-state index contributed by atoms with van der Waals surface area (Å²) >= 11 is 4.87. The summed E-state index contributed by atoms with van der Waals surface area (Å²) in [4.78, 5) is 2.38. The van der Waals surface area contributed by atoms with Crippen LogP contribution in [0.5, 0.6) is 0 Å². The van der Waals surface area contributed by atoms with Crippen molar-refractivity contribution in [1.82, 2.24) is 4.90 Å². The molecule has 0 fully saturated rings. The lowest BCUT2D eigenvalue weighted by Gasteiger charge is -2.20. The Morgan fingerprint density at radius 2 is 1.88 bits per heavy atom. The summed E-state index contributed by atoms with van der Waals surface area (Å²) in [6.07, 6.45) is 0. The number of nitrogens with zero attached hydrogens (tertiary/aromatic N) is 1. The average molecular weight is 258 g/mol. The van der Waals surface area contributed by atoms with Gasteiger partial charge in [-0.1, -0.05) is 19.1 Å². The zero-order valence-electron chi connectivity index (χ0n) is 9.91. The largest absolute Gasteiger partial charge is 0.393 e. The Morgan fingerprint density at radius 3 is 2.35 bits per heavy atom. The van der Waals surface area contributed by atoms with Crippen LogP contribution in [0.3, 0.4) is 0 Å². The number of hydrogen-bond donors (Lipinski definition) is 1. The average Bonchev–Trinajstić information content (AvgIpc) is 2.14. The SMILES string of the molecule is CC(CN(C)Cc1cc(F)cc(F)c1)C(N)=S. The molecule has 2 nitrogen and oxygen atoms in total. The standard InChI is InChI=1S/C12H16F2N2S/c1-8(12(15)17)6-16(2)7-9-3-10(13)5-11(14)4-9/h3-5,8H,6-7H2,1-2H3,(H2,15,17). The van der Waals surface area contributed by atoms with Gasteiger partial charge in [-0.05, 0) is 24.7 Å². The van der Waals surface area contributed by atoms with E-state index >= 15 is 0 Å². The van der Waals surface area contributed by atoms with Crippen molar-refractivity contribution in [3.63, 3.8) is 0 Å². The fourth-order valence-electron chi connectivity index (χ4n) is 1.64. The monoisotopic (exact) mass is 258 g/mol. The number of hydrogen-bond acceptors (Lipinski definition) is 2. The van der Waals surface area contributed by atoms with Crippen LogP contribution >= 0.6 is 12.2 Å². The summed E-state index contributed by atoms with van der Waals surface area (Å²) in [5, 5.41) is 0. The first-order valence-electron chi connectivity index (χ1n) is 5.31. The van der Waals surface area contributed by atoms with Gasteiger partial charge in [0.25, 0.3) is 0 Å². The minimum absolute atomic E-state index is 0.0772. The highest BCUT2D eigenvalue weighted by atomic mass is 32.1. The van der Waals surface area contributed by atoms with E-state index in [2.05, 4.69) is 0 Å². The smallest absolute Gasteiger partial charge is 0.126 e. The first kappa shape index (κ1) is 14.0. The van der Waals surface area contributed by atoms with Crippen LogP contribution in [0, 0.1) is 17.6 Å². The fourth-order valence-corrected chi connectivity index (χ4v) is 1.71. The minimum Gasteiger partial charge on any atom is -0.393 e. The third-order valence-corrected chi connectivity index (χ3v) is 2.85. The molecule has 0 saturated heterocycles. The van der Waals surface area contributed by atoms with Gasteiger partial charge in [-0.3, -0.25) is 0 Å². The Hall–Kier alpha value is -1.07. The summed E-state index contributed by atoms with van der Waals surface area (Å²) in [7, 11) is 1.86. The molecule has 0 heterocycles. The molecule has 1 rings (SSSR count).